The Balaban J connectivity index is 2.59. The summed E-state index contributed by atoms with van der Waals surface area (Å²) in [6, 6.07) is 6.39. The Labute approximate surface area is 173 Å². The normalized spacial score (nSPS) is 29.6. The van der Waals surface area contributed by atoms with Crippen molar-refractivity contribution in [3.8, 4) is 0 Å². The predicted molar refractivity (Wildman–Crippen MR) is 116 cm³/mol. The van der Waals surface area contributed by atoms with E-state index in [1.54, 1.807) is 19.2 Å². The van der Waals surface area contributed by atoms with E-state index < -0.39 is 35.4 Å². The van der Waals surface area contributed by atoms with E-state index in [1.807, 2.05) is 27.7 Å². The molecule has 0 aromatic heterocycles. The molecule has 1 aliphatic carbocycles. The van der Waals surface area contributed by atoms with Crippen molar-refractivity contribution in [2.24, 2.45) is 5.92 Å². The van der Waals surface area contributed by atoms with Crippen LogP contribution in [0.4, 0.5) is 4.39 Å². The smallest absolute Gasteiger partial charge is 0.193 e. The van der Waals surface area contributed by atoms with Gasteiger partial charge in [-0.2, -0.15) is 0 Å². The minimum absolute atomic E-state index is 0.0228. The molecule has 0 unspecified atom stereocenters. The number of rotatable bonds is 6. The fraction of sp³-hybridized carbons (Fsp3) is 0.714. The molecule has 28 heavy (non-hydrogen) atoms. The number of methoxy groups -OCH3 is 1. The second-order valence-corrected chi connectivity index (χ2v) is 16.9. The van der Waals surface area contributed by atoms with Crippen molar-refractivity contribution in [2.45, 2.75) is 82.7 Å². The largest absolute Gasteiger partial charge is 0.403 e. The molecule has 0 heterocycles. The molecule has 7 heteroatoms. The molecule has 0 radical (unpaired) electrons. The van der Waals surface area contributed by atoms with E-state index >= 15 is 0 Å². The van der Waals surface area contributed by atoms with Crippen LogP contribution < -0.4 is 4.72 Å². The van der Waals surface area contributed by atoms with E-state index in [2.05, 4.69) is 38.6 Å². The van der Waals surface area contributed by atoms with Gasteiger partial charge in [0.2, 0.25) is 0 Å². The SMILES string of the molecule is CO[C@]1(N[S@@](=O)C(C)(C)C)[C@H](C)[C@]1(O[Si](C)(C)C(C)(C)C)c1ccc(F)cc1. The molecule has 1 fully saturated rings. The summed E-state index contributed by atoms with van der Waals surface area (Å²) in [5.41, 5.74) is -0.941. The van der Waals surface area contributed by atoms with Gasteiger partial charge in [0.15, 0.2) is 14.0 Å². The zero-order valence-electron chi connectivity index (χ0n) is 18.9. The van der Waals surface area contributed by atoms with Crippen LogP contribution in [0.3, 0.4) is 0 Å². The monoisotopic (exact) mass is 429 g/mol. The second-order valence-electron chi connectivity index (χ2n) is 10.2. The van der Waals surface area contributed by atoms with Crippen LogP contribution in [0.1, 0.15) is 54.0 Å². The third kappa shape index (κ3) is 3.76. The lowest BCUT2D eigenvalue weighted by atomic mass is 10.1. The van der Waals surface area contributed by atoms with E-state index in [9.17, 15) is 8.60 Å². The molecule has 4 atom stereocenters. The Morgan fingerprint density at radius 1 is 1.11 bits per heavy atom. The molecule has 0 saturated heterocycles. The number of nitrogens with one attached hydrogen (secondary N) is 1. The van der Waals surface area contributed by atoms with Gasteiger partial charge in [-0.15, -0.1) is 0 Å². The molecule has 160 valence electrons. The van der Waals surface area contributed by atoms with Crippen molar-refractivity contribution < 1.29 is 17.8 Å². The van der Waals surface area contributed by atoms with Crippen LogP contribution in [0.15, 0.2) is 24.3 Å². The maximum absolute atomic E-state index is 13.6. The summed E-state index contributed by atoms with van der Waals surface area (Å²) in [5.74, 6) is -0.398. The first-order valence-corrected chi connectivity index (χ1v) is 13.8. The second kappa shape index (κ2) is 7.27. The van der Waals surface area contributed by atoms with Crippen molar-refractivity contribution in [3.05, 3.63) is 35.6 Å². The third-order valence-electron chi connectivity index (χ3n) is 6.31. The molecule has 0 spiro atoms. The summed E-state index contributed by atoms with van der Waals surface area (Å²) in [5, 5.41) is -0.0228. The highest BCUT2D eigenvalue weighted by Crippen LogP contribution is 2.66. The Kier molecular flexibility index (Phi) is 6.15. The number of ether oxygens (including phenoxy) is 1. The van der Waals surface area contributed by atoms with E-state index in [4.69, 9.17) is 9.16 Å². The molecule has 1 aromatic carbocycles. The summed E-state index contributed by atoms with van der Waals surface area (Å²) in [6.07, 6.45) is 0. The lowest BCUT2D eigenvalue weighted by Crippen LogP contribution is -2.52. The van der Waals surface area contributed by atoms with Gasteiger partial charge >= 0.3 is 0 Å². The average molecular weight is 430 g/mol. The van der Waals surface area contributed by atoms with Gasteiger partial charge in [-0.1, -0.05) is 39.8 Å². The topological polar surface area (TPSA) is 47.6 Å². The van der Waals surface area contributed by atoms with Crippen LogP contribution in [-0.4, -0.2) is 30.1 Å². The van der Waals surface area contributed by atoms with Crippen molar-refractivity contribution in [3.63, 3.8) is 0 Å². The summed E-state index contributed by atoms with van der Waals surface area (Å²) < 4.78 is 42.3. The van der Waals surface area contributed by atoms with Gasteiger partial charge in [0.05, 0.1) is 15.7 Å². The lowest BCUT2D eigenvalue weighted by Gasteiger charge is -2.41. The van der Waals surface area contributed by atoms with Gasteiger partial charge in [-0.05, 0) is 56.6 Å². The molecule has 1 saturated carbocycles. The highest BCUT2D eigenvalue weighted by atomic mass is 32.2. The van der Waals surface area contributed by atoms with Gasteiger partial charge < -0.3 is 9.16 Å². The number of hydrogen-bond donors (Lipinski definition) is 1. The number of benzene rings is 1. The van der Waals surface area contributed by atoms with Crippen molar-refractivity contribution >= 4 is 19.3 Å². The maximum Gasteiger partial charge on any atom is 0.193 e. The minimum Gasteiger partial charge on any atom is -0.403 e. The Bertz CT molecular complexity index is 742. The third-order valence-corrected chi connectivity index (χ3v) is 12.4. The van der Waals surface area contributed by atoms with Crippen LogP contribution >= 0.6 is 0 Å². The fourth-order valence-electron chi connectivity index (χ4n) is 3.36. The van der Waals surface area contributed by atoms with Crippen LogP contribution in [0.2, 0.25) is 18.1 Å². The Morgan fingerprint density at radius 3 is 2.00 bits per heavy atom. The zero-order valence-corrected chi connectivity index (χ0v) is 20.7. The maximum atomic E-state index is 13.6. The molecule has 0 amide bonds. The van der Waals surface area contributed by atoms with Crippen LogP contribution in [0, 0.1) is 11.7 Å². The first kappa shape index (κ1) is 23.7. The molecule has 0 aliphatic heterocycles. The standard InChI is InChI=1S/C21H36FNO3SSi/c1-15-20(16-11-13-17(22)14-12-16,26-28(9,10)19(5,6)7)21(15,25-8)23-27(24)18(2,3)4/h11-15,23H,1-10H3/t15-,20+,21-,27+/m1/s1. The lowest BCUT2D eigenvalue weighted by molar-refractivity contribution is -0.0150. The molecule has 2 rings (SSSR count). The summed E-state index contributed by atoms with van der Waals surface area (Å²) in [6.45, 7) is 18.7. The summed E-state index contributed by atoms with van der Waals surface area (Å²) >= 11 is 0. The number of hydrogen-bond acceptors (Lipinski definition) is 3. The van der Waals surface area contributed by atoms with Gasteiger partial charge in [0.1, 0.15) is 11.4 Å². The van der Waals surface area contributed by atoms with Gasteiger partial charge in [-0.25, -0.2) is 13.3 Å². The predicted octanol–water partition coefficient (Wildman–Crippen LogP) is 5.09. The first-order chi connectivity index (χ1) is 12.5. The van der Waals surface area contributed by atoms with E-state index in [-0.39, 0.29) is 16.8 Å². The van der Waals surface area contributed by atoms with Crippen LogP contribution in [0.25, 0.3) is 0 Å². The van der Waals surface area contributed by atoms with E-state index in [1.165, 1.54) is 12.1 Å². The van der Waals surface area contributed by atoms with Crippen molar-refractivity contribution in [2.75, 3.05) is 7.11 Å². The minimum atomic E-state index is -2.23. The molecule has 1 aliphatic rings. The first-order valence-electron chi connectivity index (χ1n) is 9.76. The van der Waals surface area contributed by atoms with E-state index in [0.29, 0.717) is 0 Å². The highest BCUT2D eigenvalue weighted by molar-refractivity contribution is 7.84. The van der Waals surface area contributed by atoms with Gasteiger partial charge in [-0.3, -0.25) is 0 Å². The highest BCUT2D eigenvalue weighted by Gasteiger charge is 2.80. The van der Waals surface area contributed by atoms with E-state index in [0.717, 1.165) is 5.56 Å². The quantitative estimate of drug-likeness (QED) is 0.506. The van der Waals surface area contributed by atoms with Crippen LogP contribution in [-0.2, 0) is 25.7 Å². The molecule has 0 bridgehead atoms. The van der Waals surface area contributed by atoms with Gasteiger partial charge in [0.25, 0.3) is 0 Å². The average Bonchev–Trinajstić information content (AvgIpc) is 3.03. The van der Waals surface area contributed by atoms with Crippen molar-refractivity contribution in [1.82, 2.24) is 4.72 Å². The molecule has 4 nitrogen and oxygen atoms in total. The number of halogens is 1. The van der Waals surface area contributed by atoms with Crippen LogP contribution in [0.5, 0.6) is 0 Å². The Hall–Kier alpha value is -0.603. The van der Waals surface area contributed by atoms with Gasteiger partial charge in [0, 0.05) is 13.0 Å². The summed E-state index contributed by atoms with van der Waals surface area (Å²) in [7, 11) is -1.97. The van der Waals surface area contributed by atoms with Crippen molar-refractivity contribution in [1.29, 1.82) is 0 Å². The Morgan fingerprint density at radius 2 is 1.61 bits per heavy atom. The molecular weight excluding hydrogens is 393 g/mol. The molecule has 1 N–H and O–H groups in total. The summed E-state index contributed by atoms with van der Waals surface area (Å²) in [4.78, 5) is 0. The molecular formula is C21H36FNO3SSi. The zero-order chi connectivity index (χ0) is 21.8. The molecule has 1 aromatic rings. The fourth-order valence-corrected chi connectivity index (χ4v) is 5.91.